The first-order valence-electron chi connectivity index (χ1n) is 6.56. The van der Waals surface area contributed by atoms with Gasteiger partial charge in [0, 0.05) is 5.56 Å². The van der Waals surface area contributed by atoms with Crippen molar-refractivity contribution in [1.29, 1.82) is 0 Å². The topological polar surface area (TPSA) is 26.3 Å². The molecule has 0 spiro atoms. The molecule has 0 fully saturated rings. The number of rotatable bonds is 3. The van der Waals surface area contributed by atoms with Crippen LogP contribution >= 0.6 is 0 Å². The zero-order valence-electron chi connectivity index (χ0n) is 12.1. The number of alkyl halides is 6. The second kappa shape index (κ2) is 6.18. The standard InChI is InChI=1S/C16H10F6O2/c1-9(23)13-7-6-12(8-14(13)16(20,21)22)24-11-4-2-10(3-5-11)15(17,18)19/h2-8H,1H3. The van der Waals surface area contributed by atoms with Crippen LogP contribution in [0.1, 0.15) is 28.4 Å². The summed E-state index contributed by atoms with van der Waals surface area (Å²) in [5.41, 5.74) is -2.58. The van der Waals surface area contributed by atoms with Crippen molar-refractivity contribution in [3.8, 4) is 11.5 Å². The average Bonchev–Trinajstić information content (AvgIpc) is 2.45. The van der Waals surface area contributed by atoms with E-state index >= 15 is 0 Å². The lowest BCUT2D eigenvalue weighted by molar-refractivity contribution is -0.138. The van der Waals surface area contributed by atoms with Crippen LogP contribution in [0.3, 0.4) is 0 Å². The van der Waals surface area contributed by atoms with Gasteiger partial charge in [0.05, 0.1) is 11.1 Å². The van der Waals surface area contributed by atoms with Gasteiger partial charge in [0.1, 0.15) is 11.5 Å². The van der Waals surface area contributed by atoms with Crippen LogP contribution in [-0.4, -0.2) is 5.78 Å². The van der Waals surface area contributed by atoms with Crippen LogP contribution in [0.2, 0.25) is 0 Å². The molecule has 128 valence electrons. The van der Waals surface area contributed by atoms with Crippen LogP contribution < -0.4 is 4.74 Å². The van der Waals surface area contributed by atoms with Gasteiger partial charge in [0.2, 0.25) is 0 Å². The normalized spacial score (nSPS) is 12.1. The zero-order valence-corrected chi connectivity index (χ0v) is 12.1. The Hall–Kier alpha value is -2.51. The molecule has 0 heterocycles. The van der Waals surface area contributed by atoms with Crippen LogP contribution in [0.25, 0.3) is 0 Å². The summed E-state index contributed by atoms with van der Waals surface area (Å²) in [6, 6.07) is 6.24. The highest BCUT2D eigenvalue weighted by molar-refractivity contribution is 5.96. The fraction of sp³-hybridized carbons (Fsp3) is 0.188. The van der Waals surface area contributed by atoms with Gasteiger partial charge >= 0.3 is 12.4 Å². The lowest BCUT2D eigenvalue weighted by atomic mass is 10.0. The average molecular weight is 348 g/mol. The summed E-state index contributed by atoms with van der Waals surface area (Å²) in [5.74, 6) is -1.07. The molecule has 0 saturated carbocycles. The molecule has 0 radical (unpaired) electrons. The molecule has 8 heteroatoms. The third-order valence-electron chi connectivity index (χ3n) is 3.09. The fourth-order valence-corrected chi connectivity index (χ4v) is 1.98. The van der Waals surface area contributed by atoms with Crippen molar-refractivity contribution >= 4 is 5.78 Å². The van der Waals surface area contributed by atoms with Crippen molar-refractivity contribution in [1.82, 2.24) is 0 Å². The first kappa shape index (κ1) is 17.8. The number of Topliss-reactive ketones (excluding diaryl/α,β-unsaturated/α-hetero) is 1. The molecule has 0 aliphatic heterocycles. The highest BCUT2D eigenvalue weighted by Gasteiger charge is 2.35. The highest BCUT2D eigenvalue weighted by Crippen LogP contribution is 2.36. The smallest absolute Gasteiger partial charge is 0.417 e. The Morgan fingerprint density at radius 3 is 1.83 bits per heavy atom. The van der Waals surface area contributed by atoms with Gasteiger partial charge in [-0.25, -0.2) is 0 Å². The van der Waals surface area contributed by atoms with Gasteiger partial charge in [-0.1, -0.05) is 0 Å². The van der Waals surface area contributed by atoms with E-state index in [0.717, 1.165) is 43.3 Å². The second-order valence-electron chi connectivity index (χ2n) is 4.89. The van der Waals surface area contributed by atoms with Gasteiger partial charge in [0.15, 0.2) is 5.78 Å². The van der Waals surface area contributed by atoms with E-state index in [1.54, 1.807) is 0 Å². The van der Waals surface area contributed by atoms with E-state index in [4.69, 9.17) is 4.74 Å². The molecule has 2 rings (SSSR count). The van der Waals surface area contributed by atoms with Crippen LogP contribution in [0.4, 0.5) is 26.3 Å². The highest BCUT2D eigenvalue weighted by atomic mass is 19.4. The van der Waals surface area contributed by atoms with Gasteiger partial charge in [-0.05, 0) is 49.4 Å². The Bertz CT molecular complexity index is 745. The monoisotopic (exact) mass is 348 g/mol. The molecule has 0 aliphatic rings. The van der Waals surface area contributed by atoms with E-state index in [1.165, 1.54) is 0 Å². The van der Waals surface area contributed by atoms with Crippen molar-refractivity contribution in [3.05, 3.63) is 59.2 Å². The van der Waals surface area contributed by atoms with Crippen molar-refractivity contribution in [3.63, 3.8) is 0 Å². The molecule has 2 aromatic carbocycles. The molecular weight excluding hydrogens is 338 g/mol. The van der Waals surface area contributed by atoms with Crippen LogP contribution in [0.15, 0.2) is 42.5 Å². The predicted molar refractivity (Wildman–Crippen MR) is 73.0 cm³/mol. The first-order chi connectivity index (χ1) is 11.0. The minimum atomic E-state index is -4.76. The van der Waals surface area contributed by atoms with Crippen molar-refractivity contribution < 1.29 is 35.9 Å². The van der Waals surface area contributed by atoms with E-state index < -0.39 is 34.8 Å². The summed E-state index contributed by atoms with van der Waals surface area (Å²) in [6.45, 7) is 1.00. The van der Waals surface area contributed by atoms with Crippen LogP contribution in [0, 0.1) is 0 Å². The number of halogens is 6. The van der Waals surface area contributed by atoms with Crippen LogP contribution in [0.5, 0.6) is 11.5 Å². The number of hydrogen-bond donors (Lipinski definition) is 0. The molecule has 0 atom stereocenters. The summed E-state index contributed by atoms with van der Waals surface area (Å²) in [7, 11) is 0. The molecule has 0 saturated heterocycles. The summed E-state index contributed by atoms with van der Waals surface area (Å²) < 4.78 is 81.4. The Morgan fingerprint density at radius 1 is 0.833 bits per heavy atom. The summed E-state index contributed by atoms with van der Waals surface area (Å²) in [4.78, 5) is 11.3. The Labute approximate surface area is 132 Å². The Balaban J connectivity index is 2.32. The third-order valence-corrected chi connectivity index (χ3v) is 3.09. The fourth-order valence-electron chi connectivity index (χ4n) is 1.98. The van der Waals surface area contributed by atoms with Gasteiger partial charge in [-0.3, -0.25) is 4.79 Å². The largest absolute Gasteiger partial charge is 0.457 e. The SMILES string of the molecule is CC(=O)c1ccc(Oc2ccc(C(F)(F)F)cc2)cc1C(F)(F)F. The van der Waals surface area contributed by atoms with Gasteiger partial charge in [0.25, 0.3) is 0 Å². The molecule has 2 nitrogen and oxygen atoms in total. The maximum absolute atomic E-state index is 13.0. The van der Waals surface area contributed by atoms with E-state index in [9.17, 15) is 31.1 Å². The number of ether oxygens (including phenoxy) is 1. The number of hydrogen-bond acceptors (Lipinski definition) is 2. The minimum Gasteiger partial charge on any atom is -0.457 e. The predicted octanol–water partition coefficient (Wildman–Crippen LogP) is 5.72. The molecule has 0 aliphatic carbocycles. The molecule has 2 aromatic rings. The van der Waals surface area contributed by atoms with E-state index in [2.05, 4.69) is 0 Å². The Morgan fingerprint density at radius 2 is 1.38 bits per heavy atom. The maximum atomic E-state index is 13.0. The van der Waals surface area contributed by atoms with Gasteiger partial charge in [-0.15, -0.1) is 0 Å². The minimum absolute atomic E-state index is 0.0632. The molecular formula is C16H10F6O2. The van der Waals surface area contributed by atoms with Gasteiger partial charge < -0.3 is 4.74 Å². The molecule has 24 heavy (non-hydrogen) atoms. The number of carbonyl (C=O) groups excluding carboxylic acids is 1. The second-order valence-corrected chi connectivity index (χ2v) is 4.89. The van der Waals surface area contributed by atoms with Crippen molar-refractivity contribution in [2.24, 2.45) is 0 Å². The lowest BCUT2D eigenvalue weighted by Gasteiger charge is -2.14. The van der Waals surface area contributed by atoms with Crippen LogP contribution in [-0.2, 0) is 12.4 Å². The summed E-state index contributed by atoms with van der Waals surface area (Å²) in [6.07, 6.45) is -9.29. The number of ketones is 1. The maximum Gasteiger partial charge on any atom is 0.417 e. The molecule has 0 bridgehead atoms. The first-order valence-corrected chi connectivity index (χ1v) is 6.56. The summed E-state index contributed by atoms with van der Waals surface area (Å²) in [5, 5.41) is 0. The lowest BCUT2D eigenvalue weighted by Crippen LogP contribution is -2.11. The molecule has 0 aromatic heterocycles. The third kappa shape index (κ3) is 4.06. The number of benzene rings is 2. The molecule has 0 N–H and O–H groups in total. The van der Waals surface area contributed by atoms with E-state index in [-0.39, 0.29) is 11.5 Å². The van der Waals surface area contributed by atoms with E-state index in [0.29, 0.717) is 6.07 Å². The zero-order chi connectivity index (χ0) is 18.1. The van der Waals surface area contributed by atoms with Gasteiger partial charge in [-0.2, -0.15) is 26.3 Å². The van der Waals surface area contributed by atoms with E-state index in [1.807, 2.05) is 0 Å². The molecule has 0 amide bonds. The number of carbonyl (C=O) groups is 1. The van der Waals surface area contributed by atoms with Crippen molar-refractivity contribution in [2.75, 3.05) is 0 Å². The Kier molecular flexibility index (Phi) is 4.59. The van der Waals surface area contributed by atoms with Crippen molar-refractivity contribution in [2.45, 2.75) is 19.3 Å². The quantitative estimate of drug-likeness (QED) is 0.524. The molecule has 0 unspecified atom stereocenters. The summed E-state index contributed by atoms with van der Waals surface area (Å²) >= 11 is 0.